The van der Waals surface area contributed by atoms with Crippen LogP contribution in [0.15, 0.2) is 11.6 Å². The molecule has 0 radical (unpaired) electrons. The van der Waals surface area contributed by atoms with Crippen LogP contribution in [0.25, 0.3) is 0 Å². The minimum absolute atomic E-state index is 0.0968. The van der Waals surface area contributed by atoms with E-state index in [1.54, 1.807) is 5.57 Å². The Morgan fingerprint density at radius 2 is 1.91 bits per heavy atom. The maximum Gasteiger partial charge on any atom is 0.0551 e. The molecule has 0 saturated heterocycles. The van der Waals surface area contributed by atoms with Crippen LogP contribution in [0, 0.1) is 34.0 Å². The first-order valence-corrected chi connectivity index (χ1v) is 9.32. The SMILES string of the molecule is CC1=C[C@@H]2CC[C@H]3[C@@](C)(CO)C[C@H](O)C[C@]3(C)[C@@]23CCC1C3. The molecule has 1 spiro atoms. The second-order valence-corrected chi connectivity index (χ2v) is 9.53. The molecular weight excluding hydrogens is 272 g/mol. The maximum atomic E-state index is 10.6. The third-order valence-electron chi connectivity index (χ3n) is 8.60. The molecule has 2 bridgehead atoms. The number of allylic oxidation sites excluding steroid dienone is 2. The van der Waals surface area contributed by atoms with E-state index < -0.39 is 0 Å². The molecule has 0 aromatic carbocycles. The molecule has 3 saturated carbocycles. The number of hydrogen-bond acceptors (Lipinski definition) is 2. The minimum atomic E-state index is -0.238. The van der Waals surface area contributed by atoms with Gasteiger partial charge in [0.2, 0.25) is 0 Å². The highest BCUT2D eigenvalue weighted by Gasteiger charge is 2.66. The van der Waals surface area contributed by atoms with Crippen molar-refractivity contribution in [2.45, 2.75) is 71.8 Å². The lowest BCUT2D eigenvalue weighted by molar-refractivity contribution is -0.192. The molecule has 0 aliphatic heterocycles. The number of rotatable bonds is 1. The number of aliphatic hydroxyl groups is 2. The quantitative estimate of drug-likeness (QED) is 0.721. The first-order chi connectivity index (χ1) is 10.3. The van der Waals surface area contributed by atoms with Crippen LogP contribution in [0.5, 0.6) is 0 Å². The zero-order valence-electron chi connectivity index (χ0n) is 14.4. The molecule has 2 nitrogen and oxygen atoms in total. The number of hydrogen-bond donors (Lipinski definition) is 2. The molecule has 4 rings (SSSR count). The predicted octanol–water partition coefficient (Wildman–Crippen LogP) is 3.92. The van der Waals surface area contributed by atoms with Crippen molar-refractivity contribution in [3.05, 3.63) is 11.6 Å². The zero-order chi connectivity index (χ0) is 15.8. The molecular formula is C20H32O2. The second kappa shape index (κ2) is 4.60. The normalized spacial score (nSPS) is 57.0. The van der Waals surface area contributed by atoms with Crippen LogP contribution >= 0.6 is 0 Å². The molecule has 22 heavy (non-hydrogen) atoms. The first-order valence-electron chi connectivity index (χ1n) is 9.32. The van der Waals surface area contributed by atoms with Crippen molar-refractivity contribution in [2.75, 3.05) is 6.61 Å². The zero-order valence-corrected chi connectivity index (χ0v) is 14.4. The van der Waals surface area contributed by atoms with Gasteiger partial charge in [-0.15, -0.1) is 0 Å². The second-order valence-electron chi connectivity index (χ2n) is 9.53. The first kappa shape index (κ1) is 15.2. The summed E-state index contributed by atoms with van der Waals surface area (Å²) in [6.45, 7) is 7.26. The highest BCUT2D eigenvalue weighted by atomic mass is 16.3. The smallest absolute Gasteiger partial charge is 0.0551 e. The van der Waals surface area contributed by atoms with Crippen LogP contribution in [0.4, 0.5) is 0 Å². The summed E-state index contributed by atoms with van der Waals surface area (Å²) in [5, 5.41) is 20.7. The average molecular weight is 304 g/mol. The van der Waals surface area contributed by atoms with Gasteiger partial charge in [-0.1, -0.05) is 25.5 Å². The molecule has 7 atom stereocenters. The van der Waals surface area contributed by atoms with E-state index in [1.807, 2.05) is 0 Å². The molecule has 4 aliphatic carbocycles. The van der Waals surface area contributed by atoms with Gasteiger partial charge >= 0.3 is 0 Å². The van der Waals surface area contributed by atoms with E-state index in [1.165, 1.54) is 32.1 Å². The van der Waals surface area contributed by atoms with Crippen molar-refractivity contribution in [2.24, 2.45) is 34.0 Å². The fourth-order valence-corrected chi connectivity index (χ4v) is 7.61. The molecule has 2 heteroatoms. The molecule has 0 heterocycles. The van der Waals surface area contributed by atoms with E-state index in [4.69, 9.17) is 0 Å². The fourth-order valence-electron chi connectivity index (χ4n) is 7.61. The van der Waals surface area contributed by atoms with Crippen molar-refractivity contribution in [1.29, 1.82) is 0 Å². The average Bonchev–Trinajstić information content (AvgIpc) is 2.84. The molecule has 124 valence electrons. The van der Waals surface area contributed by atoms with Crippen molar-refractivity contribution in [1.82, 2.24) is 0 Å². The van der Waals surface area contributed by atoms with Gasteiger partial charge in [0.1, 0.15) is 0 Å². The van der Waals surface area contributed by atoms with Crippen LogP contribution in [-0.2, 0) is 0 Å². The number of aliphatic hydroxyl groups excluding tert-OH is 2. The Kier molecular flexibility index (Phi) is 3.18. The lowest BCUT2D eigenvalue weighted by atomic mass is 9.39. The van der Waals surface area contributed by atoms with Gasteiger partial charge in [-0.25, -0.2) is 0 Å². The number of fused-ring (bicyclic) bond motifs is 2. The lowest BCUT2D eigenvalue weighted by Gasteiger charge is -2.66. The van der Waals surface area contributed by atoms with Crippen LogP contribution in [0.3, 0.4) is 0 Å². The Bertz CT molecular complexity index is 512. The molecule has 0 amide bonds. The van der Waals surface area contributed by atoms with Gasteiger partial charge in [0, 0.05) is 6.61 Å². The minimum Gasteiger partial charge on any atom is -0.396 e. The Morgan fingerprint density at radius 1 is 1.14 bits per heavy atom. The summed E-state index contributed by atoms with van der Waals surface area (Å²) < 4.78 is 0. The van der Waals surface area contributed by atoms with Gasteiger partial charge in [0.15, 0.2) is 0 Å². The van der Waals surface area contributed by atoms with E-state index in [9.17, 15) is 10.2 Å². The summed E-state index contributed by atoms with van der Waals surface area (Å²) in [7, 11) is 0. The highest BCUT2D eigenvalue weighted by molar-refractivity contribution is 5.26. The molecule has 3 fully saturated rings. The summed E-state index contributed by atoms with van der Waals surface area (Å²) in [6, 6.07) is 0. The van der Waals surface area contributed by atoms with E-state index in [-0.39, 0.29) is 23.5 Å². The summed E-state index contributed by atoms with van der Waals surface area (Å²) in [5.74, 6) is 2.06. The lowest BCUT2D eigenvalue weighted by Crippen LogP contribution is -2.61. The molecule has 0 aromatic heterocycles. The summed E-state index contributed by atoms with van der Waals surface area (Å²) in [6.07, 6.45) is 10.6. The molecule has 0 aromatic rings. The van der Waals surface area contributed by atoms with Gasteiger partial charge < -0.3 is 10.2 Å². The standard InChI is InChI=1S/C20H32O2/c1-13-8-15-4-5-17-18(2,12-21)10-16(22)11-19(17,3)20(15)7-6-14(13)9-20/h8,14-17,21-22H,4-7,9-12H2,1-3H3/t14?,15-,16-,17-,18+,19-,20+/m0/s1. The van der Waals surface area contributed by atoms with Gasteiger partial charge in [-0.05, 0) is 85.9 Å². The Morgan fingerprint density at radius 3 is 2.64 bits per heavy atom. The van der Waals surface area contributed by atoms with Crippen molar-refractivity contribution in [3.8, 4) is 0 Å². The Hall–Kier alpha value is -0.340. The van der Waals surface area contributed by atoms with Gasteiger partial charge in [0.25, 0.3) is 0 Å². The van der Waals surface area contributed by atoms with Crippen LogP contribution in [0.1, 0.15) is 65.7 Å². The molecule has 4 aliphatic rings. The predicted molar refractivity (Wildman–Crippen MR) is 88.3 cm³/mol. The van der Waals surface area contributed by atoms with Gasteiger partial charge in [-0.2, -0.15) is 0 Å². The Balaban J connectivity index is 1.82. The topological polar surface area (TPSA) is 40.5 Å². The molecule has 2 N–H and O–H groups in total. The Labute approximate surface area is 135 Å². The van der Waals surface area contributed by atoms with E-state index in [0.29, 0.717) is 17.3 Å². The summed E-state index contributed by atoms with van der Waals surface area (Å²) >= 11 is 0. The van der Waals surface area contributed by atoms with Crippen molar-refractivity contribution < 1.29 is 10.2 Å². The van der Waals surface area contributed by atoms with Crippen LogP contribution in [-0.4, -0.2) is 22.9 Å². The summed E-state index contributed by atoms with van der Waals surface area (Å²) in [4.78, 5) is 0. The van der Waals surface area contributed by atoms with E-state index in [0.717, 1.165) is 18.8 Å². The highest BCUT2D eigenvalue weighted by Crippen LogP contribution is 2.73. The maximum absolute atomic E-state index is 10.6. The van der Waals surface area contributed by atoms with Crippen LogP contribution < -0.4 is 0 Å². The van der Waals surface area contributed by atoms with Gasteiger partial charge in [0.05, 0.1) is 6.10 Å². The largest absolute Gasteiger partial charge is 0.396 e. The fraction of sp³-hybridized carbons (Fsp3) is 0.900. The third-order valence-corrected chi connectivity index (χ3v) is 8.60. The third kappa shape index (κ3) is 1.69. The van der Waals surface area contributed by atoms with E-state index >= 15 is 0 Å². The van der Waals surface area contributed by atoms with Gasteiger partial charge in [-0.3, -0.25) is 0 Å². The van der Waals surface area contributed by atoms with Crippen LogP contribution in [0.2, 0.25) is 0 Å². The summed E-state index contributed by atoms with van der Waals surface area (Å²) in [5.41, 5.74) is 2.11. The van der Waals surface area contributed by atoms with Crippen molar-refractivity contribution >= 4 is 0 Å². The van der Waals surface area contributed by atoms with E-state index in [2.05, 4.69) is 26.8 Å². The van der Waals surface area contributed by atoms with Crippen molar-refractivity contribution in [3.63, 3.8) is 0 Å². The molecule has 1 unspecified atom stereocenters. The monoisotopic (exact) mass is 304 g/mol.